The number of oxazole rings is 1. The van der Waals surface area contributed by atoms with Gasteiger partial charge in [-0.15, -0.1) is 0 Å². The fraction of sp³-hybridized carbons (Fsp3) is 0.286. The Kier molecular flexibility index (Phi) is 4.96. The van der Waals surface area contributed by atoms with Crippen LogP contribution in [0.5, 0.6) is 0 Å². The predicted molar refractivity (Wildman–Crippen MR) is 97.6 cm³/mol. The molecule has 5 nitrogen and oxygen atoms in total. The monoisotopic (exact) mass is 365 g/mol. The molecule has 138 valence electrons. The van der Waals surface area contributed by atoms with Crippen LogP contribution >= 0.6 is 0 Å². The van der Waals surface area contributed by atoms with Crippen LogP contribution in [0.15, 0.2) is 59.3 Å². The van der Waals surface area contributed by atoms with Gasteiger partial charge in [0.1, 0.15) is 23.3 Å². The molecule has 0 bridgehead atoms. The van der Waals surface area contributed by atoms with Crippen molar-refractivity contribution in [2.75, 3.05) is 6.54 Å². The zero-order valence-electron chi connectivity index (χ0n) is 14.8. The summed E-state index contributed by atoms with van der Waals surface area (Å²) < 4.78 is 19.3. The van der Waals surface area contributed by atoms with E-state index in [0.29, 0.717) is 30.3 Å². The summed E-state index contributed by atoms with van der Waals surface area (Å²) in [6.45, 7) is 0.654. The molecule has 1 atom stereocenters. The van der Waals surface area contributed by atoms with Gasteiger partial charge in [0.25, 0.3) is 5.91 Å². The van der Waals surface area contributed by atoms with Crippen molar-refractivity contribution in [2.45, 2.75) is 31.7 Å². The lowest BCUT2D eigenvalue weighted by molar-refractivity contribution is 0.0564. The Morgan fingerprint density at radius 3 is 2.93 bits per heavy atom. The lowest BCUT2D eigenvalue weighted by atomic mass is 10.0. The molecule has 0 radical (unpaired) electrons. The van der Waals surface area contributed by atoms with Crippen LogP contribution < -0.4 is 0 Å². The molecule has 0 unspecified atom stereocenters. The molecule has 1 saturated heterocycles. The molecule has 1 aliphatic heterocycles. The second-order valence-electron chi connectivity index (χ2n) is 6.70. The van der Waals surface area contributed by atoms with Crippen molar-refractivity contribution in [3.63, 3.8) is 0 Å². The van der Waals surface area contributed by atoms with Crippen molar-refractivity contribution >= 4 is 5.91 Å². The van der Waals surface area contributed by atoms with Gasteiger partial charge in [0.2, 0.25) is 5.89 Å². The van der Waals surface area contributed by atoms with Crippen LogP contribution in [0, 0.1) is 5.82 Å². The summed E-state index contributed by atoms with van der Waals surface area (Å²) in [7, 11) is 0. The van der Waals surface area contributed by atoms with Crippen molar-refractivity contribution in [3.05, 3.63) is 83.6 Å². The Labute approximate surface area is 156 Å². The Bertz CT molecular complexity index is 926. The number of halogens is 1. The summed E-state index contributed by atoms with van der Waals surface area (Å²) in [6.07, 6.45) is 6.51. The highest BCUT2D eigenvalue weighted by atomic mass is 19.1. The summed E-state index contributed by atoms with van der Waals surface area (Å²) in [5.41, 5.74) is 1.25. The maximum absolute atomic E-state index is 13.4. The number of pyridine rings is 1. The lowest BCUT2D eigenvalue weighted by Gasteiger charge is -2.33. The summed E-state index contributed by atoms with van der Waals surface area (Å²) in [5.74, 6) is 0.814. The average molecular weight is 365 g/mol. The molecular formula is C21H20FN3O2. The fourth-order valence-electron chi connectivity index (χ4n) is 3.47. The summed E-state index contributed by atoms with van der Waals surface area (Å²) in [4.78, 5) is 23.2. The van der Waals surface area contributed by atoms with Gasteiger partial charge >= 0.3 is 0 Å². The first-order valence-electron chi connectivity index (χ1n) is 9.12. The van der Waals surface area contributed by atoms with Gasteiger partial charge in [0, 0.05) is 19.2 Å². The topological polar surface area (TPSA) is 59.2 Å². The SMILES string of the molecule is O=C(c1ccccn1)N1CCCC[C@H]1c1ncc(Cc2cccc(F)c2)o1. The first kappa shape index (κ1) is 17.4. The van der Waals surface area contributed by atoms with Crippen LogP contribution in [0.25, 0.3) is 0 Å². The standard InChI is InChI=1S/C21H20FN3O2/c22-16-7-5-6-15(12-16)13-17-14-24-20(27-17)19-9-2-4-11-25(19)21(26)18-8-1-3-10-23-18/h1,3,5-8,10,12,14,19H,2,4,9,11,13H2/t19-/m0/s1. The molecule has 0 saturated carbocycles. The van der Waals surface area contributed by atoms with Crippen LogP contribution in [-0.4, -0.2) is 27.3 Å². The number of nitrogens with zero attached hydrogens (tertiary/aromatic N) is 3. The number of likely N-dealkylation sites (tertiary alicyclic amines) is 1. The summed E-state index contributed by atoms with van der Waals surface area (Å²) in [6, 6.07) is 11.5. The van der Waals surface area contributed by atoms with E-state index in [0.717, 1.165) is 24.8 Å². The van der Waals surface area contributed by atoms with Crippen LogP contribution in [0.4, 0.5) is 4.39 Å². The van der Waals surface area contributed by atoms with Crippen LogP contribution in [0.2, 0.25) is 0 Å². The van der Waals surface area contributed by atoms with Gasteiger partial charge in [-0.1, -0.05) is 18.2 Å². The number of hydrogen-bond acceptors (Lipinski definition) is 4. The highest BCUT2D eigenvalue weighted by Gasteiger charge is 2.32. The first-order chi connectivity index (χ1) is 13.2. The Morgan fingerprint density at radius 2 is 2.11 bits per heavy atom. The quantitative estimate of drug-likeness (QED) is 0.696. The highest BCUT2D eigenvalue weighted by molar-refractivity contribution is 5.92. The number of carbonyl (C=O) groups is 1. The molecule has 1 aliphatic rings. The number of rotatable bonds is 4. The lowest BCUT2D eigenvalue weighted by Crippen LogP contribution is -2.39. The fourth-order valence-corrected chi connectivity index (χ4v) is 3.47. The van der Waals surface area contributed by atoms with Crippen molar-refractivity contribution in [1.29, 1.82) is 0 Å². The Balaban J connectivity index is 1.54. The van der Waals surface area contributed by atoms with Crippen molar-refractivity contribution < 1.29 is 13.6 Å². The van der Waals surface area contributed by atoms with Crippen LogP contribution in [-0.2, 0) is 6.42 Å². The number of hydrogen-bond donors (Lipinski definition) is 0. The zero-order valence-corrected chi connectivity index (χ0v) is 14.8. The average Bonchev–Trinajstić information content (AvgIpc) is 3.16. The molecule has 2 aromatic heterocycles. The zero-order chi connectivity index (χ0) is 18.6. The second kappa shape index (κ2) is 7.70. The van der Waals surface area contributed by atoms with Crippen molar-refractivity contribution in [2.24, 2.45) is 0 Å². The van der Waals surface area contributed by atoms with E-state index in [4.69, 9.17) is 4.42 Å². The van der Waals surface area contributed by atoms with E-state index in [-0.39, 0.29) is 17.8 Å². The number of aromatic nitrogens is 2. The minimum absolute atomic E-state index is 0.106. The first-order valence-corrected chi connectivity index (χ1v) is 9.12. The predicted octanol–water partition coefficient (Wildman–Crippen LogP) is 4.17. The number of piperidine rings is 1. The molecule has 27 heavy (non-hydrogen) atoms. The third-order valence-corrected chi connectivity index (χ3v) is 4.77. The van der Waals surface area contributed by atoms with Crippen molar-refractivity contribution in [1.82, 2.24) is 14.9 Å². The number of amides is 1. The minimum Gasteiger partial charge on any atom is -0.443 e. The Morgan fingerprint density at radius 1 is 1.19 bits per heavy atom. The van der Waals surface area contributed by atoms with E-state index in [1.807, 2.05) is 6.07 Å². The Hall–Kier alpha value is -3.02. The van der Waals surface area contributed by atoms with E-state index in [2.05, 4.69) is 9.97 Å². The number of benzene rings is 1. The smallest absolute Gasteiger partial charge is 0.273 e. The van der Waals surface area contributed by atoms with E-state index in [1.165, 1.54) is 12.1 Å². The molecule has 1 amide bonds. The minimum atomic E-state index is -0.272. The summed E-state index contributed by atoms with van der Waals surface area (Å²) >= 11 is 0. The van der Waals surface area contributed by atoms with E-state index >= 15 is 0 Å². The maximum atomic E-state index is 13.4. The molecule has 1 aromatic carbocycles. The third-order valence-electron chi connectivity index (χ3n) is 4.77. The summed E-state index contributed by atoms with van der Waals surface area (Å²) in [5, 5.41) is 0. The van der Waals surface area contributed by atoms with Gasteiger partial charge in [-0.3, -0.25) is 9.78 Å². The molecule has 3 heterocycles. The molecule has 6 heteroatoms. The van der Waals surface area contributed by atoms with Gasteiger partial charge in [0.05, 0.1) is 6.20 Å². The molecule has 0 N–H and O–H groups in total. The van der Waals surface area contributed by atoms with Gasteiger partial charge in [-0.05, 0) is 49.1 Å². The molecule has 1 fully saturated rings. The number of carbonyl (C=O) groups excluding carboxylic acids is 1. The normalized spacial score (nSPS) is 17.1. The highest BCUT2D eigenvalue weighted by Crippen LogP contribution is 2.32. The van der Waals surface area contributed by atoms with Gasteiger partial charge < -0.3 is 9.32 Å². The van der Waals surface area contributed by atoms with E-state index in [9.17, 15) is 9.18 Å². The van der Waals surface area contributed by atoms with Crippen LogP contribution in [0.3, 0.4) is 0 Å². The molecule has 0 aliphatic carbocycles. The van der Waals surface area contributed by atoms with Crippen molar-refractivity contribution in [3.8, 4) is 0 Å². The van der Waals surface area contributed by atoms with Gasteiger partial charge in [-0.25, -0.2) is 9.37 Å². The third kappa shape index (κ3) is 3.89. The maximum Gasteiger partial charge on any atom is 0.273 e. The second-order valence-corrected chi connectivity index (χ2v) is 6.70. The van der Waals surface area contributed by atoms with Gasteiger partial charge in [-0.2, -0.15) is 0 Å². The molecular weight excluding hydrogens is 345 g/mol. The van der Waals surface area contributed by atoms with Gasteiger partial charge in [0.15, 0.2) is 0 Å². The molecule has 3 aromatic rings. The van der Waals surface area contributed by atoms with E-state index < -0.39 is 0 Å². The van der Waals surface area contributed by atoms with E-state index in [1.54, 1.807) is 41.6 Å². The largest absolute Gasteiger partial charge is 0.443 e. The molecule has 0 spiro atoms. The van der Waals surface area contributed by atoms with Crippen LogP contribution in [0.1, 0.15) is 53.0 Å². The molecule has 4 rings (SSSR count).